The van der Waals surface area contributed by atoms with Crippen LogP contribution in [0.5, 0.6) is 0 Å². The van der Waals surface area contributed by atoms with Crippen LogP contribution in [0.3, 0.4) is 0 Å². The Hall–Kier alpha value is -2.31. The first-order chi connectivity index (χ1) is 12.6. The number of halogens is 1. The number of carbonyl (C=O) groups excluding carboxylic acids is 1. The van der Waals surface area contributed by atoms with Crippen molar-refractivity contribution in [3.8, 4) is 11.4 Å². The van der Waals surface area contributed by atoms with Crippen LogP contribution in [0.4, 0.5) is 0 Å². The topological polar surface area (TPSA) is 68.0 Å². The summed E-state index contributed by atoms with van der Waals surface area (Å²) in [6.07, 6.45) is 0. The van der Waals surface area contributed by atoms with Gasteiger partial charge in [-0.1, -0.05) is 47.1 Å². The molecule has 7 heteroatoms. The monoisotopic (exact) mass is 387 g/mol. The van der Waals surface area contributed by atoms with Crippen molar-refractivity contribution in [1.82, 2.24) is 15.5 Å². The molecule has 0 aliphatic rings. The molecule has 0 spiro atoms. The maximum absolute atomic E-state index is 12.2. The lowest BCUT2D eigenvalue weighted by atomic mass is 10.2. The predicted octanol–water partition coefficient (Wildman–Crippen LogP) is 4.33. The van der Waals surface area contributed by atoms with E-state index in [1.54, 1.807) is 23.9 Å². The summed E-state index contributed by atoms with van der Waals surface area (Å²) in [7, 11) is 0. The SMILES string of the molecule is C[C@@H](SCc1ccccc1)C(=O)NCc1nc(-c2ccc(Cl)cc2)no1. The van der Waals surface area contributed by atoms with Crippen molar-refractivity contribution in [2.45, 2.75) is 24.5 Å². The molecule has 1 amide bonds. The summed E-state index contributed by atoms with van der Waals surface area (Å²) < 4.78 is 5.19. The van der Waals surface area contributed by atoms with Crippen LogP contribution in [0.15, 0.2) is 59.1 Å². The van der Waals surface area contributed by atoms with Crippen LogP contribution in [0.1, 0.15) is 18.4 Å². The van der Waals surface area contributed by atoms with Gasteiger partial charge in [-0.05, 0) is 36.8 Å². The van der Waals surface area contributed by atoms with Gasteiger partial charge in [-0.15, -0.1) is 11.8 Å². The summed E-state index contributed by atoms with van der Waals surface area (Å²) in [6, 6.07) is 17.2. The summed E-state index contributed by atoms with van der Waals surface area (Å²) in [5.41, 5.74) is 2.00. The molecule has 1 N–H and O–H groups in total. The van der Waals surface area contributed by atoms with Crippen LogP contribution >= 0.6 is 23.4 Å². The lowest BCUT2D eigenvalue weighted by Gasteiger charge is -2.10. The number of aromatic nitrogens is 2. The van der Waals surface area contributed by atoms with Crippen molar-refractivity contribution >= 4 is 29.3 Å². The van der Waals surface area contributed by atoms with E-state index in [2.05, 4.69) is 15.5 Å². The van der Waals surface area contributed by atoms with Gasteiger partial charge in [0.25, 0.3) is 0 Å². The lowest BCUT2D eigenvalue weighted by molar-refractivity contribution is -0.120. The highest BCUT2D eigenvalue weighted by Crippen LogP contribution is 2.19. The average Bonchev–Trinajstić information content (AvgIpc) is 3.14. The van der Waals surface area contributed by atoms with Crippen LogP contribution in [0.25, 0.3) is 11.4 Å². The summed E-state index contributed by atoms with van der Waals surface area (Å²) in [6.45, 7) is 2.09. The van der Waals surface area contributed by atoms with Crippen LogP contribution in [0.2, 0.25) is 5.02 Å². The van der Waals surface area contributed by atoms with Crippen molar-refractivity contribution < 1.29 is 9.32 Å². The molecule has 1 heterocycles. The van der Waals surface area contributed by atoms with Gasteiger partial charge < -0.3 is 9.84 Å². The molecule has 0 saturated heterocycles. The molecule has 3 rings (SSSR count). The standard InChI is InChI=1S/C19H18ClN3O2S/c1-13(26-12-14-5-3-2-4-6-14)19(24)21-11-17-22-18(23-25-17)15-7-9-16(20)10-8-15/h2-10,13H,11-12H2,1H3,(H,21,24)/t13-/m1/s1. The minimum atomic E-state index is -0.172. The number of thioether (sulfide) groups is 1. The molecule has 134 valence electrons. The van der Waals surface area contributed by atoms with Gasteiger partial charge >= 0.3 is 0 Å². The average molecular weight is 388 g/mol. The second kappa shape index (κ2) is 8.87. The number of amides is 1. The molecule has 5 nitrogen and oxygen atoms in total. The molecular weight excluding hydrogens is 370 g/mol. The first-order valence-electron chi connectivity index (χ1n) is 8.13. The molecule has 3 aromatic rings. The number of hydrogen-bond donors (Lipinski definition) is 1. The zero-order valence-electron chi connectivity index (χ0n) is 14.2. The van der Waals surface area contributed by atoms with E-state index in [0.29, 0.717) is 16.7 Å². The second-order valence-electron chi connectivity index (χ2n) is 5.68. The maximum Gasteiger partial charge on any atom is 0.246 e. The highest BCUT2D eigenvalue weighted by atomic mass is 35.5. The number of carbonyl (C=O) groups is 1. The zero-order valence-corrected chi connectivity index (χ0v) is 15.8. The first kappa shape index (κ1) is 18.5. The molecule has 0 aliphatic heterocycles. The Balaban J connectivity index is 1.49. The molecule has 0 bridgehead atoms. The third kappa shape index (κ3) is 5.09. The molecule has 0 radical (unpaired) electrons. The van der Waals surface area contributed by atoms with Crippen molar-refractivity contribution in [2.75, 3.05) is 0 Å². The van der Waals surface area contributed by atoms with Gasteiger partial charge in [-0.2, -0.15) is 4.98 Å². The molecular formula is C19H18ClN3O2S. The van der Waals surface area contributed by atoms with E-state index in [9.17, 15) is 4.79 Å². The quantitative estimate of drug-likeness (QED) is 0.653. The van der Waals surface area contributed by atoms with Gasteiger partial charge in [0.2, 0.25) is 17.6 Å². The predicted molar refractivity (Wildman–Crippen MR) is 104 cm³/mol. The Bertz CT molecular complexity index is 853. The molecule has 0 fully saturated rings. The van der Waals surface area contributed by atoms with Crippen LogP contribution in [0, 0.1) is 0 Å². The van der Waals surface area contributed by atoms with E-state index in [0.717, 1.165) is 11.3 Å². The number of nitrogens with one attached hydrogen (secondary N) is 1. The fraction of sp³-hybridized carbons (Fsp3) is 0.211. The number of benzene rings is 2. The Morgan fingerprint density at radius 3 is 2.65 bits per heavy atom. The fourth-order valence-electron chi connectivity index (χ4n) is 2.22. The van der Waals surface area contributed by atoms with Crippen LogP contribution < -0.4 is 5.32 Å². The van der Waals surface area contributed by atoms with Crippen molar-refractivity contribution in [3.05, 3.63) is 71.1 Å². The normalized spacial score (nSPS) is 11.9. The van der Waals surface area contributed by atoms with Gasteiger partial charge in [0, 0.05) is 16.3 Å². The second-order valence-corrected chi connectivity index (χ2v) is 7.44. The highest BCUT2D eigenvalue weighted by molar-refractivity contribution is 7.99. The van der Waals surface area contributed by atoms with Gasteiger partial charge in [0.15, 0.2) is 0 Å². The van der Waals surface area contributed by atoms with E-state index in [1.165, 1.54) is 5.56 Å². The third-order valence-electron chi connectivity index (χ3n) is 3.70. The van der Waals surface area contributed by atoms with Gasteiger partial charge in [0.1, 0.15) is 0 Å². The number of nitrogens with zero attached hydrogens (tertiary/aromatic N) is 2. The maximum atomic E-state index is 12.2. The fourth-order valence-corrected chi connectivity index (χ4v) is 3.22. The lowest BCUT2D eigenvalue weighted by Crippen LogP contribution is -2.30. The molecule has 1 aromatic heterocycles. The molecule has 0 saturated carbocycles. The van der Waals surface area contributed by atoms with E-state index < -0.39 is 0 Å². The van der Waals surface area contributed by atoms with E-state index in [1.807, 2.05) is 49.4 Å². The van der Waals surface area contributed by atoms with Crippen molar-refractivity contribution in [2.24, 2.45) is 0 Å². The first-order valence-corrected chi connectivity index (χ1v) is 9.56. The number of hydrogen-bond acceptors (Lipinski definition) is 5. The van der Waals surface area contributed by atoms with Gasteiger partial charge in [-0.3, -0.25) is 4.79 Å². The van der Waals surface area contributed by atoms with Crippen LogP contribution in [-0.4, -0.2) is 21.3 Å². The zero-order chi connectivity index (χ0) is 18.4. The smallest absolute Gasteiger partial charge is 0.246 e. The Kier molecular flexibility index (Phi) is 6.30. The van der Waals surface area contributed by atoms with Gasteiger partial charge in [-0.25, -0.2) is 0 Å². The highest BCUT2D eigenvalue weighted by Gasteiger charge is 2.15. The third-order valence-corrected chi connectivity index (χ3v) is 5.16. The van der Waals surface area contributed by atoms with Crippen molar-refractivity contribution in [3.63, 3.8) is 0 Å². The minimum absolute atomic E-state index is 0.0582. The van der Waals surface area contributed by atoms with E-state index in [4.69, 9.17) is 16.1 Å². The summed E-state index contributed by atoms with van der Waals surface area (Å²) in [5, 5.41) is 7.23. The molecule has 26 heavy (non-hydrogen) atoms. The Morgan fingerprint density at radius 2 is 1.92 bits per heavy atom. The summed E-state index contributed by atoms with van der Waals surface area (Å²) in [5.74, 6) is 1.56. The van der Waals surface area contributed by atoms with Gasteiger partial charge in [0.05, 0.1) is 11.8 Å². The van der Waals surface area contributed by atoms with Crippen LogP contribution in [-0.2, 0) is 17.1 Å². The summed E-state index contributed by atoms with van der Waals surface area (Å²) >= 11 is 7.45. The Morgan fingerprint density at radius 1 is 1.19 bits per heavy atom. The largest absolute Gasteiger partial charge is 0.346 e. The summed E-state index contributed by atoms with van der Waals surface area (Å²) in [4.78, 5) is 16.5. The molecule has 0 unspecified atom stereocenters. The Labute approximate surface area is 161 Å². The van der Waals surface area contributed by atoms with Crippen molar-refractivity contribution in [1.29, 1.82) is 0 Å². The molecule has 2 aromatic carbocycles. The van der Waals surface area contributed by atoms with E-state index in [-0.39, 0.29) is 17.7 Å². The molecule has 0 aliphatic carbocycles. The minimum Gasteiger partial charge on any atom is -0.346 e. The molecule has 1 atom stereocenters. The van der Waals surface area contributed by atoms with E-state index >= 15 is 0 Å². The number of rotatable bonds is 7.